The Morgan fingerprint density at radius 2 is 1.25 bits per heavy atom. The van der Waals surface area contributed by atoms with Crippen LogP contribution >= 0.6 is 0 Å². The minimum absolute atomic E-state index is 0.167. The van der Waals surface area contributed by atoms with Gasteiger partial charge in [-0.15, -0.1) is 10.2 Å². The van der Waals surface area contributed by atoms with Gasteiger partial charge in [-0.1, -0.05) is 12.1 Å². The van der Waals surface area contributed by atoms with Crippen LogP contribution in [-0.4, -0.2) is 149 Å². The molecule has 0 spiro atoms. The normalized spacial score (nSPS) is 19.1. The number of pyridine rings is 2. The largest absolute Gasteiger partial charge is 0.396 e. The van der Waals surface area contributed by atoms with Crippen LogP contribution in [-0.2, 0) is 0 Å². The van der Waals surface area contributed by atoms with E-state index in [1.165, 1.54) is 0 Å². The fourth-order valence-corrected chi connectivity index (χ4v) is 6.86. The third-order valence-electron chi connectivity index (χ3n) is 10.7. The average molecular weight is 708 g/mol. The fourth-order valence-electron chi connectivity index (χ4n) is 6.86. The Labute approximate surface area is 305 Å². The number of hydrogen-bond donors (Lipinski definition) is 5. The number of aryl methyl sites for hydroxylation is 4. The highest BCUT2D eigenvalue weighted by Crippen LogP contribution is 2.33. The zero-order chi connectivity index (χ0) is 36.5. The van der Waals surface area contributed by atoms with E-state index in [2.05, 4.69) is 95.5 Å². The molecule has 4 aromatic heterocycles. The van der Waals surface area contributed by atoms with E-state index in [1.54, 1.807) is 6.08 Å². The Bertz CT molecular complexity index is 2050. The minimum Gasteiger partial charge on any atom is -0.396 e. The summed E-state index contributed by atoms with van der Waals surface area (Å²) in [6.45, 7) is 20.1. The van der Waals surface area contributed by atoms with Crippen molar-refractivity contribution in [2.24, 2.45) is 15.7 Å². The molecular formula is C37H53N15. The first kappa shape index (κ1) is 35.6. The molecular weight excluding hydrogens is 655 g/mol. The molecule has 4 aromatic rings. The van der Waals surface area contributed by atoms with Gasteiger partial charge in [0.05, 0.1) is 22.4 Å². The van der Waals surface area contributed by atoms with Gasteiger partial charge in [0.25, 0.3) is 0 Å². The van der Waals surface area contributed by atoms with Gasteiger partial charge in [0.1, 0.15) is 11.4 Å². The van der Waals surface area contributed by atoms with Gasteiger partial charge in [-0.2, -0.15) is 0 Å². The van der Waals surface area contributed by atoms with E-state index in [4.69, 9.17) is 31.3 Å². The average Bonchev–Trinajstić information content (AvgIpc) is 3.66. The van der Waals surface area contributed by atoms with E-state index in [1.807, 2.05) is 15.1 Å². The smallest absolute Gasteiger partial charge is 0.178 e. The van der Waals surface area contributed by atoms with Crippen molar-refractivity contribution >= 4 is 51.4 Å². The Morgan fingerprint density at radius 1 is 0.731 bits per heavy atom. The molecule has 7 rings (SSSR count). The third-order valence-corrected chi connectivity index (χ3v) is 10.7. The molecule has 0 aliphatic carbocycles. The maximum absolute atomic E-state index is 8.89. The van der Waals surface area contributed by atoms with Gasteiger partial charge < -0.3 is 31.5 Å². The molecule has 0 unspecified atom stereocenters. The van der Waals surface area contributed by atoms with Crippen LogP contribution in [0.25, 0.3) is 11.0 Å². The van der Waals surface area contributed by atoms with E-state index < -0.39 is 0 Å². The van der Waals surface area contributed by atoms with E-state index >= 15 is 0 Å². The highest BCUT2D eigenvalue weighted by molar-refractivity contribution is 6.52. The number of nitrogens with zero attached hydrogens (tertiary/aromatic N) is 10. The molecule has 0 atom stereocenters. The van der Waals surface area contributed by atoms with Crippen molar-refractivity contribution in [3.63, 3.8) is 0 Å². The van der Waals surface area contributed by atoms with Gasteiger partial charge in [-0.25, -0.2) is 19.0 Å². The zero-order valence-electron chi connectivity index (χ0n) is 31.4. The Hall–Kier alpha value is -4.83. The lowest BCUT2D eigenvalue weighted by Crippen LogP contribution is -2.45. The van der Waals surface area contributed by atoms with Crippen molar-refractivity contribution in [3.8, 4) is 0 Å². The second kappa shape index (κ2) is 15.0. The number of aromatic nitrogens is 4. The van der Waals surface area contributed by atoms with E-state index in [0.717, 1.165) is 118 Å². The lowest BCUT2D eigenvalue weighted by atomic mass is 10.2. The molecule has 276 valence electrons. The number of aliphatic imine (C=N–C) groups is 2. The van der Waals surface area contributed by atoms with Crippen LogP contribution in [0.5, 0.6) is 0 Å². The lowest BCUT2D eigenvalue weighted by molar-refractivity contribution is 0.158. The van der Waals surface area contributed by atoms with Crippen LogP contribution in [0.15, 0.2) is 46.0 Å². The predicted molar refractivity (Wildman–Crippen MR) is 212 cm³/mol. The Morgan fingerprint density at radius 3 is 1.85 bits per heavy atom. The number of rotatable bonds is 10. The molecule has 0 aromatic carbocycles. The van der Waals surface area contributed by atoms with Gasteiger partial charge in [0, 0.05) is 89.9 Å². The second-order valence-electron chi connectivity index (χ2n) is 14.4. The summed E-state index contributed by atoms with van der Waals surface area (Å²) >= 11 is 0. The summed E-state index contributed by atoms with van der Waals surface area (Å²) in [7, 11) is 4.34. The highest BCUT2D eigenvalue weighted by Gasteiger charge is 2.24. The molecule has 2 saturated heterocycles. The van der Waals surface area contributed by atoms with Crippen molar-refractivity contribution in [2.45, 2.75) is 27.7 Å². The van der Waals surface area contributed by atoms with Crippen LogP contribution in [0.2, 0.25) is 0 Å². The van der Waals surface area contributed by atoms with Gasteiger partial charge in [0.15, 0.2) is 23.3 Å². The first-order valence-corrected chi connectivity index (χ1v) is 18.3. The number of fused-ring (bicyclic) bond motifs is 2. The second-order valence-corrected chi connectivity index (χ2v) is 14.4. The van der Waals surface area contributed by atoms with Crippen LogP contribution < -0.4 is 21.7 Å². The van der Waals surface area contributed by atoms with Crippen LogP contribution in [0.1, 0.15) is 22.5 Å². The number of anilines is 3. The molecule has 3 aliphatic rings. The molecule has 0 amide bonds. The highest BCUT2D eigenvalue weighted by atomic mass is 15.3. The van der Waals surface area contributed by atoms with Crippen LogP contribution in [0, 0.1) is 33.1 Å². The quantitative estimate of drug-likeness (QED) is 0.166. The van der Waals surface area contributed by atoms with Crippen molar-refractivity contribution in [2.75, 3.05) is 109 Å². The number of amidine groups is 2. The van der Waals surface area contributed by atoms with Gasteiger partial charge >= 0.3 is 0 Å². The fraction of sp³-hybridized carbons (Fsp3) is 0.486. The predicted octanol–water partition coefficient (Wildman–Crippen LogP) is 2.95. The van der Waals surface area contributed by atoms with Gasteiger partial charge in [-0.05, 0) is 71.1 Å². The maximum Gasteiger partial charge on any atom is 0.178 e. The minimum atomic E-state index is 0.167. The van der Waals surface area contributed by atoms with E-state index in [-0.39, 0.29) is 5.71 Å². The molecule has 3 aliphatic heterocycles. The molecule has 6 N–H and O–H groups in total. The zero-order valence-corrected chi connectivity index (χ0v) is 31.4. The number of nitrogens with two attached hydrogens (primary N) is 1. The van der Waals surface area contributed by atoms with Gasteiger partial charge in [0.2, 0.25) is 0 Å². The van der Waals surface area contributed by atoms with Crippen LogP contribution in [0.4, 0.5) is 23.0 Å². The summed E-state index contributed by atoms with van der Waals surface area (Å²) in [4.78, 5) is 19.6. The van der Waals surface area contributed by atoms with Crippen molar-refractivity contribution < 1.29 is 0 Å². The molecule has 0 radical (unpaired) electrons. The van der Waals surface area contributed by atoms with Crippen molar-refractivity contribution in [3.05, 3.63) is 58.6 Å². The Balaban J connectivity index is 1.18. The maximum atomic E-state index is 8.89. The van der Waals surface area contributed by atoms with Gasteiger partial charge in [-0.3, -0.25) is 15.2 Å². The molecule has 15 nitrogen and oxygen atoms in total. The molecule has 15 heteroatoms. The number of dihydropyridines is 1. The standard InChI is InChI=1S/C37H53N15/c1-24-7-9-30-32(36(45-51(30)26(24)3)40-11-13-49-19-15-47(5)16-20-49)42-34-28(38)23-29(39)35(44-34)43-33-31-10-8-25(2)27(4)52(31)46-37(33)41-12-14-50-21-17-48(6)18-22-50/h7-10,23,38H,11-22,39H2,1-6H3,(H,40,45)(H,41,46)(H,42,43,44). The molecule has 0 bridgehead atoms. The third kappa shape index (κ3) is 7.39. The number of likely N-dealkylation sites (N-methyl/N-ethyl adjacent to an activating group) is 2. The summed E-state index contributed by atoms with van der Waals surface area (Å²) in [6, 6.07) is 8.27. The SMILES string of the molecule is Cc1ccc2c(N=C3N=C(Nc4c(NCCN5CCN(C)CC5)nn5c(C)c(C)ccc45)C(=N)C=C3N)c(NCCN3CCN(C)CC3)nn2c1C. The summed E-state index contributed by atoms with van der Waals surface area (Å²) in [6.07, 6.45) is 1.61. The number of piperazine rings is 2. The first-order chi connectivity index (χ1) is 25.0. The molecule has 7 heterocycles. The summed E-state index contributed by atoms with van der Waals surface area (Å²) in [5, 5.41) is 29.4. The monoisotopic (exact) mass is 707 g/mol. The van der Waals surface area contributed by atoms with E-state index in [0.29, 0.717) is 34.7 Å². The summed E-state index contributed by atoms with van der Waals surface area (Å²) in [5.74, 6) is 2.05. The molecule has 52 heavy (non-hydrogen) atoms. The Kier molecular flexibility index (Phi) is 10.3. The van der Waals surface area contributed by atoms with Crippen molar-refractivity contribution in [1.29, 1.82) is 5.41 Å². The van der Waals surface area contributed by atoms with Crippen LogP contribution in [0.3, 0.4) is 0 Å². The lowest BCUT2D eigenvalue weighted by Gasteiger charge is -2.32. The number of hydrogen-bond acceptors (Lipinski definition) is 12. The molecule has 0 saturated carbocycles. The molecule has 2 fully saturated rings. The van der Waals surface area contributed by atoms with Crippen molar-refractivity contribution in [1.82, 2.24) is 38.8 Å². The summed E-state index contributed by atoms with van der Waals surface area (Å²) in [5.41, 5.74) is 14.6. The topological polar surface area (TPSA) is 158 Å². The first-order valence-electron chi connectivity index (χ1n) is 18.3. The number of nitrogens with one attached hydrogen (secondary N) is 4. The summed E-state index contributed by atoms with van der Waals surface area (Å²) < 4.78 is 3.88. The van der Waals surface area contributed by atoms with E-state index in [9.17, 15) is 0 Å².